The third-order valence-corrected chi connectivity index (χ3v) is 5.81. The van der Waals surface area contributed by atoms with Crippen molar-refractivity contribution >= 4 is 17.1 Å². The van der Waals surface area contributed by atoms with E-state index in [4.69, 9.17) is 11.1 Å². The number of benzene rings is 1. The summed E-state index contributed by atoms with van der Waals surface area (Å²) in [6, 6.07) is 6.14. The number of nitrogens with two attached hydrogens (primary N) is 1. The molecule has 0 aliphatic heterocycles. The Morgan fingerprint density at radius 1 is 1.26 bits per heavy atom. The number of rotatable bonds is 9. The number of unbranched alkanes of at least 4 members (excludes halogenated alkanes) is 1. The molecule has 1 aromatic rings. The highest BCUT2D eigenvalue weighted by atomic mass is 32.2. The summed E-state index contributed by atoms with van der Waals surface area (Å²) in [5, 5.41) is 8.07. The monoisotopic (exact) mass is 403 g/mol. The molecule has 0 heterocycles. The lowest BCUT2D eigenvalue weighted by atomic mass is 9.93. The van der Waals surface area contributed by atoms with Crippen LogP contribution in [0.3, 0.4) is 0 Å². The lowest BCUT2D eigenvalue weighted by Crippen LogP contribution is -2.42. The minimum absolute atomic E-state index is 0.111. The van der Waals surface area contributed by atoms with Gasteiger partial charge in [-0.25, -0.2) is 0 Å². The van der Waals surface area contributed by atoms with Gasteiger partial charge in [0.2, 0.25) is 0 Å². The summed E-state index contributed by atoms with van der Waals surface area (Å²) in [4.78, 5) is 0.498. The van der Waals surface area contributed by atoms with Crippen LogP contribution in [0.25, 0.3) is 0 Å². The summed E-state index contributed by atoms with van der Waals surface area (Å²) in [7, 11) is 1.52. The van der Waals surface area contributed by atoms with Gasteiger partial charge in [0.05, 0.1) is 17.4 Å². The Hall–Kier alpha value is -1.51. The molecule has 4 nitrogen and oxygen atoms in total. The summed E-state index contributed by atoms with van der Waals surface area (Å²) in [6.07, 6.45) is -2.90. The zero-order valence-corrected chi connectivity index (χ0v) is 17.0. The zero-order chi connectivity index (χ0) is 20.8. The van der Waals surface area contributed by atoms with Crippen LogP contribution in [0, 0.1) is 12.3 Å². The molecule has 2 atom stereocenters. The number of alkyl halides is 3. The van der Waals surface area contributed by atoms with Crippen LogP contribution in [0.4, 0.5) is 13.2 Å². The maximum atomic E-state index is 13.3. The van der Waals surface area contributed by atoms with E-state index in [1.165, 1.54) is 11.4 Å². The van der Waals surface area contributed by atoms with E-state index in [1.807, 2.05) is 13.8 Å². The molecular formula is C19H28F3N3OS. The van der Waals surface area contributed by atoms with E-state index in [2.05, 4.69) is 0 Å². The average Bonchev–Trinajstić information content (AvgIpc) is 2.62. The number of hydrogen-bond acceptors (Lipinski definition) is 4. The molecule has 0 fully saturated rings. The molecule has 0 saturated heterocycles. The molecule has 1 rings (SSSR count). The Morgan fingerprint density at radius 3 is 2.26 bits per heavy atom. The first kappa shape index (κ1) is 23.5. The van der Waals surface area contributed by atoms with Crippen LogP contribution < -0.4 is 5.73 Å². The first-order valence-corrected chi connectivity index (χ1v) is 10.0. The van der Waals surface area contributed by atoms with Crippen molar-refractivity contribution < 1.29 is 17.7 Å². The van der Waals surface area contributed by atoms with Crippen molar-refractivity contribution in [3.8, 4) is 0 Å². The molecule has 8 heteroatoms. The van der Waals surface area contributed by atoms with Crippen molar-refractivity contribution in [3.63, 3.8) is 0 Å². The van der Waals surface area contributed by atoms with Crippen LogP contribution in [0.15, 0.2) is 40.4 Å². The molecule has 3 N–H and O–H groups in total. The molecule has 152 valence electrons. The van der Waals surface area contributed by atoms with Gasteiger partial charge in [0.1, 0.15) is 5.70 Å². The zero-order valence-electron chi connectivity index (χ0n) is 16.2. The quantitative estimate of drug-likeness (QED) is 0.463. The van der Waals surface area contributed by atoms with E-state index < -0.39 is 29.3 Å². The van der Waals surface area contributed by atoms with E-state index in [0.717, 1.165) is 12.0 Å². The molecule has 0 aromatic heterocycles. The third kappa shape index (κ3) is 6.26. The Kier molecular flexibility index (Phi) is 8.84. The SMILES string of the molecule is CCCCC(/C(C(=N)CC)=C(/N)C(F)(F)F)N(C)[S+]([O-])c1ccc(C)cc1. The van der Waals surface area contributed by atoms with Gasteiger partial charge >= 0.3 is 6.18 Å². The Bertz CT molecular complexity index is 659. The highest BCUT2D eigenvalue weighted by Gasteiger charge is 2.40. The molecule has 2 unspecified atom stereocenters. The topological polar surface area (TPSA) is 76.2 Å². The number of aryl methyl sites for hydroxylation is 1. The summed E-state index contributed by atoms with van der Waals surface area (Å²) >= 11 is -1.67. The lowest BCUT2D eigenvalue weighted by molar-refractivity contribution is -0.0936. The first-order chi connectivity index (χ1) is 12.5. The number of hydrogen-bond donors (Lipinski definition) is 2. The van der Waals surface area contributed by atoms with Gasteiger partial charge in [-0.3, -0.25) is 0 Å². The van der Waals surface area contributed by atoms with Crippen LogP contribution in [0.2, 0.25) is 0 Å². The smallest absolute Gasteiger partial charge is 0.431 e. The van der Waals surface area contributed by atoms with Gasteiger partial charge in [0.25, 0.3) is 0 Å². The van der Waals surface area contributed by atoms with Crippen LogP contribution in [0.5, 0.6) is 0 Å². The number of nitrogens with zero attached hydrogens (tertiary/aromatic N) is 1. The largest absolute Gasteiger partial charge is 0.593 e. The summed E-state index contributed by atoms with van der Waals surface area (Å²) in [6.45, 7) is 5.43. The van der Waals surface area contributed by atoms with Crippen molar-refractivity contribution in [1.82, 2.24) is 4.31 Å². The normalized spacial score (nSPS) is 15.4. The number of halogens is 3. The van der Waals surface area contributed by atoms with Crippen molar-refractivity contribution in [2.45, 2.75) is 63.6 Å². The predicted octanol–water partition coefficient (Wildman–Crippen LogP) is 4.71. The summed E-state index contributed by atoms with van der Waals surface area (Å²) < 4.78 is 54.4. The van der Waals surface area contributed by atoms with E-state index in [1.54, 1.807) is 31.2 Å². The second-order valence-electron chi connectivity index (χ2n) is 6.42. The molecule has 0 saturated carbocycles. The Labute approximate surface area is 162 Å². The second kappa shape index (κ2) is 10.1. The van der Waals surface area contributed by atoms with Crippen molar-refractivity contribution in [1.29, 1.82) is 5.41 Å². The average molecular weight is 404 g/mol. The van der Waals surface area contributed by atoms with Gasteiger partial charge < -0.3 is 15.7 Å². The second-order valence-corrected chi connectivity index (χ2v) is 7.97. The number of allylic oxidation sites excluding steroid dienone is 1. The molecular weight excluding hydrogens is 375 g/mol. The minimum atomic E-state index is -4.74. The van der Waals surface area contributed by atoms with E-state index in [0.29, 0.717) is 17.7 Å². The molecule has 0 bridgehead atoms. The molecule has 0 aliphatic carbocycles. The summed E-state index contributed by atoms with van der Waals surface area (Å²) in [5.74, 6) is 0. The third-order valence-electron chi connectivity index (χ3n) is 4.36. The van der Waals surface area contributed by atoms with E-state index in [9.17, 15) is 17.7 Å². The van der Waals surface area contributed by atoms with Crippen LogP contribution in [-0.4, -0.2) is 33.8 Å². The van der Waals surface area contributed by atoms with Crippen molar-refractivity contribution in [2.24, 2.45) is 5.73 Å². The predicted molar refractivity (Wildman–Crippen MR) is 104 cm³/mol. The highest BCUT2D eigenvalue weighted by Crippen LogP contribution is 2.32. The van der Waals surface area contributed by atoms with Gasteiger partial charge in [-0.2, -0.15) is 13.2 Å². The molecule has 0 spiro atoms. The highest BCUT2D eigenvalue weighted by molar-refractivity contribution is 7.89. The van der Waals surface area contributed by atoms with E-state index >= 15 is 0 Å². The standard InChI is InChI=1S/C19H28F3N3OS/c1-5-7-8-16(17(15(23)6-2)18(24)19(20,21)22)25(4)27(26)14-11-9-13(3)10-12-14/h9-12,16,23H,5-8,24H2,1-4H3/b18-17+,23-15?. The van der Waals surface area contributed by atoms with Gasteiger partial charge in [-0.1, -0.05) is 44.4 Å². The molecule has 0 amide bonds. The van der Waals surface area contributed by atoms with Crippen molar-refractivity contribution in [3.05, 3.63) is 41.1 Å². The molecule has 1 aromatic carbocycles. The van der Waals surface area contributed by atoms with Crippen molar-refractivity contribution in [2.75, 3.05) is 7.05 Å². The fourth-order valence-electron chi connectivity index (χ4n) is 2.73. The van der Waals surface area contributed by atoms with Crippen LogP contribution >= 0.6 is 0 Å². The van der Waals surface area contributed by atoms with Crippen LogP contribution in [-0.2, 0) is 11.4 Å². The first-order valence-electron chi connectivity index (χ1n) is 8.90. The molecule has 0 aliphatic rings. The fourth-order valence-corrected chi connectivity index (χ4v) is 3.87. The lowest BCUT2D eigenvalue weighted by Gasteiger charge is -2.31. The van der Waals surface area contributed by atoms with Gasteiger partial charge in [0.15, 0.2) is 4.90 Å². The van der Waals surface area contributed by atoms with Gasteiger partial charge in [-0.05, 0) is 31.9 Å². The van der Waals surface area contributed by atoms with E-state index in [-0.39, 0.29) is 17.7 Å². The maximum absolute atomic E-state index is 13.3. The van der Waals surface area contributed by atoms with Gasteiger partial charge in [-0.15, -0.1) is 4.31 Å². The molecule has 27 heavy (non-hydrogen) atoms. The molecule has 0 radical (unpaired) electrons. The van der Waals surface area contributed by atoms with Gasteiger partial charge in [0, 0.05) is 18.3 Å². The Balaban J connectivity index is 3.38. The fraction of sp³-hybridized carbons (Fsp3) is 0.526. The van der Waals surface area contributed by atoms with Crippen LogP contribution in [0.1, 0.15) is 45.1 Å². The summed E-state index contributed by atoms with van der Waals surface area (Å²) in [5.41, 5.74) is 4.69. The number of nitrogens with one attached hydrogen (secondary N) is 1. The minimum Gasteiger partial charge on any atom is -0.593 e. The maximum Gasteiger partial charge on any atom is 0.431 e. The Morgan fingerprint density at radius 2 is 1.81 bits per heavy atom. The number of likely N-dealkylation sites (N-methyl/N-ethyl adjacent to an activating group) is 1.